The van der Waals surface area contributed by atoms with Crippen LogP contribution in [0.25, 0.3) is 0 Å². The van der Waals surface area contributed by atoms with Crippen LogP contribution in [0.5, 0.6) is 5.75 Å². The Labute approximate surface area is 88.0 Å². The van der Waals surface area contributed by atoms with Crippen molar-refractivity contribution in [1.82, 2.24) is 0 Å². The molecule has 0 aliphatic heterocycles. The lowest BCUT2D eigenvalue weighted by atomic mass is 10.1. The molecule has 0 fully saturated rings. The number of Topliss-reactive ketones (excluding diaryl/α,β-unsaturated/α-hetero) is 1. The van der Waals surface area contributed by atoms with Gasteiger partial charge in [-0.15, -0.1) is 0 Å². The van der Waals surface area contributed by atoms with Gasteiger partial charge in [0.2, 0.25) is 5.91 Å². The highest BCUT2D eigenvalue weighted by Gasteiger charge is 2.07. The Balaban J connectivity index is 2.67. The highest BCUT2D eigenvalue weighted by atomic mass is 16.5. The van der Waals surface area contributed by atoms with E-state index in [1.54, 1.807) is 24.3 Å². The number of hydrogen-bond donors (Lipinski definition) is 1. The second-order valence-electron chi connectivity index (χ2n) is 3.12. The van der Waals surface area contributed by atoms with E-state index in [0.717, 1.165) is 0 Å². The third-order valence-corrected chi connectivity index (χ3v) is 1.87. The monoisotopic (exact) mass is 207 g/mol. The van der Waals surface area contributed by atoms with Crippen LogP contribution in [0.4, 0.5) is 0 Å². The minimum Gasteiger partial charge on any atom is -0.492 e. The standard InChI is InChI=1S/C11H13NO3/c1-8(13)9-4-2-3-5-10(9)15-7-6-11(12)14/h2-5H,6-7H2,1H3,(H2,12,14). The summed E-state index contributed by atoms with van der Waals surface area (Å²) in [6.07, 6.45) is 0.145. The van der Waals surface area contributed by atoms with Gasteiger partial charge in [0.05, 0.1) is 18.6 Å². The van der Waals surface area contributed by atoms with Crippen LogP contribution in [-0.2, 0) is 4.79 Å². The molecule has 80 valence electrons. The van der Waals surface area contributed by atoms with Crippen LogP contribution >= 0.6 is 0 Å². The molecule has 0 aromatic heterocycles. The Kier molecular flexibility index (Phi) is 3.85. The normalized spacial score (nSPS) is 9.67. The van der Waals surface area contributed by atoms with Gasteiger partial charge < -0.3 is 10.5 Å². The van der Waals surface area contributed by atoms with E-state index >= 15 is 0 Å². The van der Waals surface area contributed by atoms with Crippen LogP contribution in [-0.4, -0.2) is 18.3 Å². The summed E-state index contributed by atoms with van der Waals surface area (Å²) >= 11 is 0. The first-order valence-electron chi connectivity index (χ1n) is 4.62. The molecule has 1 aromatic rings. The molecule has 1 amide bonds. The number of carbonyl (C=O) groups excluding carboxylic acids is 2. The zero-order valence-electron chi connectivity index (χ0n) is 8.53. The predicted octanol–water partition coefficient (Wildman–Crippen LogP) is 1.14. The van der Waals surface area contributed by atoms with Crippen molar-refractivity contribution in [2.45, 2.75) is 13.3 Å². The van der Waals surface area contributed by atoms with E-state index in [4.69, 9.17) is 10.5 Å². The van der Waals surface area contributed by atoms with Crippen molar-refractivity contribution in [3.63, 3.8) is 0 Å². The molecule has 0 bridgehead atoms. The summed E-state index contributed by atoms with van der Waals surface area (Å²) in [4.78, 5) is 21.7. The Bertz CT molecular complexity index is 374. The van der Waals surface area contributed by atoms with E-state index < -0.39 is 5.91 Å². The molecule has 1 rings (SSSR count). The maximum atomic E-state index is 11.2. The van der Waals surface area contributed by atoms with Crippen molar-refractivity contribution in [3.8, 4) is 5.75 Å². The van der Waals surface area contributed by atoms with Crippen molar-refractivity contribution < 1.29 is 14.3 Å². The summed E-state index contributed by atoms with van der Waals surface area (Å²) in [5.74, 6) is 0.00577. The third-order valence-electron chi connectivity index (χ3n) is 1.87. The summed E-state index contributed by atoms with van der Waals surface area (Å²) in [7, 11) is 0. The molecule has 0 aliphatic carbocycles. The molecule has 4 nitrogen and oxygen atoms in total. The molecule has 0 unspecified atom stereocenters. The molecule has 0 saturated heterocycles. The van der Waals surface area contributed by atoms with Gasteiger partial charge in [0, 0.05) is 0 Å². The van der Waals surface area contributed by atoms with Crippen molar-refractivity contribution in [2.24, 2.45) is 5.73 Å². The van der Waals surface area contributed by atoms with Gasteiger partial charge in [-0.25, -0.2) is 0 Å². The Morgan fingerprint density at radius 3 is 2.60 bits per heavy atom. The highest BCUT2D eigenvalue weighted by Crippen LogP contribution is 2.18. The molecule has 0 radical (unpaired) electrons. The minimum atomic E-state index is -0.421. The maximum Gasteiger partial charge on any atom is 0.220 e. The van der Waals surface area contributed by atoms with Gasteiger partial charge in [-0.3, -0.25) is 9.59 Å². The van der Waals surface area contributed by atoms with E-state index in [0.29, 0.717) is 11.3 Å². The van der Waals surface area contributed by atoms with Gasteiger partial charge >= 0.3 is 0 Å². The largest absolute Gasteiger partial charge is 0.492 e. The summed E-state index contributed by atoms with van der Waals surface area (Å²) in [6, 6.07) is 6.91. The van der Waals surface area contributed by atoms with E-state index in [9.17, 15) is 9.59 Å². The predicted molar refractivity (Wildman–Crippen MR) is 55.8 cm³/mol. The number of amides is 1. The molecule has 0 heterocycles. The highest BCUT2D eigenvalue weighted by molar-refractivity contribution is 5.96. The molecular formula is C11H13NO3. The van der Waals surface area contributed by atoms with Crippen LogP contribution < -0.4 is 10.5 Å². The number of ketones is 1. The van der Waals surface area contributed by atoms with Gasteiger partial charge in [-0.2, -0.15) is 0 Å². The zero-order valence-corrected chi connectivity index (χ0v) is 8.53. The quantitative estimate of drug-likeness (QED) is 0.736. The molecule has 0 saturated carbocycles. The first-order valence-corrected chi connectivity index (χ1v) is 4.62. The Morgan fingerprint density at radius 2 is 2.00 bits per heavy atom. The van der Waals surface area contributed by atoms with Crippen LogP contribution in [0.3, 0.4) is 0 Å². The maximum absolute atomic E-state index is 11.2. The molecule has 0 atom stereocenters. The molecule has 4 heteroatoms. The number of carbonyl (C=O) groups is 2. The molecule has 0 spiro atoms. The van der Waals surface area contributed by atoms with Gasteiger partial charge in [0.25, 0.3) is 0 Å². The summed E-state index contributed by atoms with van der Waals surface area (Å²) in [5, 5.41) is 0. The lowest BCUT2D eigenvalue weighted by molar-refractivity contribution is -0.118. The van der Waals surface area contributed by atoms with Gasteiger partial charge in [-0.05, 0) is 19.1 Å². The number of hydrogen-bond acceptors (Lipinski definition) is 3. The van der Waals surface area contributed by atoms with Gasteiger partial charge in [0.1, 0.15) is 5.75 Å². The lowest BCUT2D eigenvalue weighted by Gasteiger charge is -2.08. The van der Waals surface area contributed by atoms with Crippen molar-refractivity contribution in [3.05, 3.63) is 29.8 Å². The first kappa shape index (κ1) is 11.2. The van der Waals surface area contributed by atoms with E-state index in [-0.39, 0.29) is 18.8 Å². The fraction of sp³-hybridized carbons (Fsp3) is 0.273. The SMILES string of the molecule is CC(=O)c1ccccc1OCCC(N)=O. The second-order valence-corrected chi connectivity index (χ2v) is 3.12. The van der Waals surface area contributed by atoms with Crippen LogP contribution in [0.2, 0.25) is 0 Å². The molecule has 2 N–H and O–H groups in total. The average molecular weight is 207 g/mol. The van der Waals surface area contributed by atoms with Crippen molar-refractivity contribution >= 4 is 11.7 Å². The van der Waals surface area contributed by atoms with E-state index in [1.165, 1.54) is 6.92 Å². The number of benzene rings is 1. The summed E-state index contributed by atoms with van der Waals surface area (Å²) < 4.78 is 5.29. The van der Waals surface area contributed by atoms with Crippen LogP contribution in [0, 0.1) is 0 Å². The third kappa shape index (κ3) is 3.42. The fourth-order valence-corrected chi connectivity index (χ4v) is 1.14. The molecule has 15 heavy (non-hydrogen) atoms. The first-order chi connectivity index (χ1) is 7.11. The van der Waals surface area contributed by atoms with E-state index in [1.807, 2.05) is 0 Å². The Morgan fingerprint density at radius 1 is 1.33 bits per heavy atom. The molecule has 1 aromatic carbocycles. The average Bonchev–Trinajstić information content (AvgIpc) is 2.17. The van der Waals surface area contributed by atoms with Crippen molar-refractivity contribution in [2.75, 3.05) is 6.61 Å². The number of rotatable bonds is 5. The second kappa shape index (κ2) is 5.14. The van der Waals surface area contributed by atoms with Crippen molar-refractivity contribution in [1.29, 1.82) is 0 Å². The number of primary amides is 1. The number of para-hydroxylation sites is 1. The Hall–Kier alpha value is -1.84. The van der Waals surface area contributed by atoms with Crippen LogP contribution in [0.1, 0.15) is 23.7 Å². The lowest BCUT2D eigenvalue weighted by Crippen LogP contribution is -2.15. The minimum absolute atomic E-state index is 0.0651. The molecule has 0 aliphatic rings. The fourth-order valence-electron chi connectivity index (χ4n) is 1.14. The summed E-state index contributed by atoms with van der Waals surface area (Å²) in [6.45, 7) is 1.66. The zero-order chi connectivity index (χ0) is 11.3. The van der Waals surface area contributed by atoms with Gasteiger partial charge in [0.15, 0.2) is 5.78 Å². The van der Waals surface area contributed by atoms with Crippen LogP contribution in [0.15, 0.2) is 24.3 Å². The summed E-state index contributed by atoms with van der Waals surface area (Å²) in [5.41, 5.74) is 5.48. The smallest absolute Gasteiger partial charge is 0.220 e. The molecular weight excluding hydrogens is 194 g/mol. The number of ether oxygens (including phenoxy) is 1. The van der Waals surface area contributed by atoms with E-state index in [2.05, 4.69) is 0 Å². The van der Waals surface area contributed by atoms with Gasteiger partial charge in [-0.1, -0.05) is 12.1 Å². The topological polar surface area (TPSA) is 69.4 Å². The number of nitrogens with two attached hydrogens (primary N) is 1.